The number of rotatable bonds is 3. The summed E-state index contributed by atoms with van der Waals surface area (Å²) in [6, 6.07) is 16.9. The van der Waals surface area contributed by atoms with Gasteiger partial charge >= 0.3 is 0 Å². The monoisotopic (exact) mass is 333 g/mol. The molecule has 0 aliphatic carbocycles. The van der Waals surface area contributed by atoms with E-state index < -0.39 is 0 Å². The molecule has 4 rings (SSSR count). The molecule has 4 heteroatoms. The lowest BCUT2D eigenvalue weighted by molar-refractivity contribution is 0.122. The Bertz CT molecular complexity index is 903. The van der Waals surface area contributed by atoms with Gasteiger partial charge in [-0.1, -0.05) is 18.2 Å². The molecule has 0 bridgehead atoms. The average molecular weight is 333 g/mol. The van der Waals surface area contributed by atoms with Crippen molar-refractivity contribution in [3.8, 4) is 0 Å². The fourth-order valence-electron chi connectivity index (χ4n) is 3.42. The summed E-state index contributed by atoms with van der Waals surface area (Å²) < 4.78 is 7.63. The molecule has 0 amide bonds. The first-order chi connectivity index (χ1) is 12.2. The van der Waals surface area contributed by atoms with E-state index in [1.165, 1.54) is 27.8 Å². The maximum Gasteiger partial charge on any atom is 0.0642 e. The molecule has 0 unspecified atom stereocenters. The lowest BCUT2D eigenvalue weighted by Crippen LogP contribution is -2.36. The van der Waals surface area contributed by atoms with Crippen LogP contribution in [0.1, 0.15) is 11.3 Å². The lowest BCUT2D eigenvalue weighted by atomic mass is 10.1. The highest BCUT2D eigenvalue weighted by Gasteiger charge is 2.11. The molecular weight excluding hydrogens is 310 g/mol. The van der Waals surface area contributed by atoms with Crippen molar-refractivity contribution in [2.45, 2.75) is 6.92 Å². The van der Waals surface area contributed by atoms with Gasteiger partial charge < -0.3 is 14.2 Å². The van der Waals surface area contributed by atoms with Gasteiger partial charge in [-0.25, -0.2) is 0 Å². The number of para-hydroxylation sites is 1. The molecule has 25 heavy (non-hydrogen) atoms. The highest BCUT2D eigenvalue weighted by Crippen LogP contribution is 2.25. The summed E-state index contributed by atoms with van der Waals surface area (Å²) >= 11 is 0. The number of fused-ring (bicyclic) bond motifs is 1. The van der Waals surface area contributed by atoms with E-state index in [0.717, 1.165) is 32.0 Å². The molecule has 128 valence electrons. The Labute approximate surface area is 148 Å². The normalized spacial score (nSPS) is 15.4. The number of aryl methyl sites for hydroxylation is 1. The molecule has 0 radical (unpaired) electrons. The van der Waals surface area contributed by atoms with Crippen LogP contribution in [0, 0.1) is 6.92 Å². The van der Waals surface area contributed by atoms with Crippen molar-refractivity contribution in [1.82, 2.24) is 4.57 Å². The summed E-state index contributed by atoms with van der Waals surface area (Å²) in [5, 5.41) is 1.25. The number of benzene rings is 2. The van der Waals surface area contributed by atoms with Gasteiger partial charge in [-0.2, -0.15) is 0 Å². The van der Waals surface area contributed by atoms with Gasteiger partial charge in [0.15, 0.2) is 0 Å². The number of nitrogens with zero attached hydrogens (tertiary/aromatic N) is 3. The Kier molecular flexibility index (Phi) is 4.28. The van der Waals surface area contributed by atoms with Crippen LogP contribution < -0.4 is 4.90 Å². The standard InChI is InChI=1S/C21H23N3O/c1-16-20(19-5-3-4-6-21(19)23(16)2)15-22-17-7-9-18(10-8-17)24-11-13-25-14-12-24/h3-10,15H,11-14H2,1-2H3. The van der Waals surface area contributed by atoms with Gasteiger partial charge in [-0.15, -0.1) is 0 Å². The Morgan fingerprint density at radius 1 is 1.00 bits per heavy atom. The fraction of sp³-hybridized carbons (Fsp3) is 0.286. The zero-order chi connectivity index (χ0) is 17.2. The van der Waals surface area contributed by atoms with Crippen molar-refractivity contribution in [2.24, 2.45) is 12.0 Å². The number of morpholine rings is 1. The Balaban J connectivity index is 1.59. The third-order valence-corrected chi connectivity index (χ3v) is 5.02. The molecular formula is C21H23N3O. The van der Waals surface area contributed by atoms with Gasteiger partial charge in [0, 0.05) is 54.2 Å². The van der Waals surface area contributed by atoms with Crippen LogP contribution >= 0.6 is 0 Å². The first kappa shape index (κ1) is 15.9. The molecule has 1 aliphatic rings. The predicted octanol–water partition coefficient (Wildman–Crippen LogP) is 4.07. The SMILES string of the molecule is Cc1c(C=Nc2ccc(N3CCOCC3)cc2)c2ccccc2n1C. The van der Waals surface area contributed by atoms with Crippen LogP contribution in [0.2, 0.25) is 0 Å². The fourth-order valence-corrected chi connectivity index (χ4v) is 3.42. The largest absolute Gasteiger partial charge is 0.378 e. The van der Waals surface area contributed by atoms with Crippen molar-refractivity contribution in [3.63, 3.8) is 0 Å². The third kappa shape index (κ3) is 3.05. The summed E-state index contributed by atoms with van der Waals surface area (Å²) in [7, 11) is 2.10. The molecule has 4 nitrogen and oxygen atoms in total. The van der Waals surface area contributed by atoms with E-state index in [1.54, 1.807) is 0 Å². The van der Waals surface area contributed by atoms with Gasteiger partial charge in [0.05, 0.1) is 18.9 Å². The van der Waals surface area contributed by atoms with Gasteiger partial charge in [0.1, 0.15) is 0 Å². The van der Waals surface area contributed by atoms with E-state index >= 15 is 0 Å². The zero-order valence-corrected chi connectivity index (χ0v) is 14.8. The van der Waals surface area contributed by atoms with Gasteiger partial charge in [-0.05, 0) is 37.3 Å². The second-order valence-corrected chi connectivity index (χ2v) is 6.45. The highest BCUT2D eigenvalue weighted by atomic mass is 16.5. The summed E-state index contributed by atoms with van der Waals surface area (Å²) in [5.74, 6) is 0. The molecule has 2 aromatic carbocycles. The van der Waals surface area contributed by atoms with E-state index in [2.05, 4.69) is 72.0 Å². The minimum absolute atomic E-state index is 0.806. The molecule has 1 aliphatic heterocycles. The summed E-state index contributed by atoms with van der Waals surface area (Å²) in [5.41, 5.74) is 5.88. The van der Waals surface area contributed by atoms with Crippen molar-refractivity contribution in [3.05, 3.63) is 59.8 Å². The summed E-state index contributed by atoms with van der Waals surface area (Å²) in [4.78, 5) is 7.06. The number of aromatic nitrogens is 1. The lowest BCUT2D eigenvalue weighted by Gasteiger charge is -2.28. The maximum absolute atomic E-state index is 5.41. The first-order valence-electron chi connectivity index (χ1n) is 8.75. The van der Waals surface area contributed by atoms with Crippen LogP contribution in [0.15, 0.2) is 53.5 Å². The second kappa shape index (κ2) is 6.73. The molecule has 0 spiro atoms. The molecule has 3 aromatic rings. The van der Waals surface area contributed by atoms with Crippen LogP contribution in [0.4, 0.5) is 11.4 Å². The molecule has 0 N–H and O–H groups in total. The van der Waals surface area contributed by atoms with Gasteiger partial charge in [0.2, 0.25) is 0 Å². The Hall–Kier alpha value is -2.59. The molecule has 1 saturated heterocycles. The van der Waals surface area contributed by atoms with Crippen molar-refractivity contribution in [1.29, 1.82) is 0 Å². The van der Waals surface area contributed by atoms with Gasteiger partial charge in [0.25, 0.3) is 0 Å². The van der Waals surface area contributed by atoms with Crippen LogP contribution in [-0.2, 0) is 11.8 Å². The highest BCUT2D eigenvalue weighted by molar-refractivity contribution is 6.01. The second-order valence-electron chi connectivity index (χ2n) is 6.45. The van der Waals surface area contributed by atoms with E-state index in [0.29, 0.717) is 0 Å². The molecule has 0 atom stereocenters. The topological polar surface area (TPSA) is 29.8 Å². The zero-order valence-electron chi connectivity index (χ0n) is 14.8. The molecule has 0 saturated carbocycles. The predicted molar refractivity (Wildman–Crippen MR) is 104 cm³/mol. The molecule has 1 aromatic heterocycles. The Morgan fingerprint density at radius 2 is 1.72 bits per heavy atom. The summed E-state index contributed by atoms with van der Waals surface area (Å²) in [6.07, 6.45) is 1.99. The first-order valence-corrected chi connectivity index (χ1v) is 8.75. The molecule has 1 fully saturated rings. The van der Waals surface area contributed by atoms with E-state index in [9.17, 15) is 0 Å². The number of ether oxygens (including phenoxy) is 1. The van der Waals surface area contributed by atoms with Crippen LogP contribution in [0.5, 0.6) is 0 Å². The number of aliphatic imine (C=N–C) groups is 1. The van der Waals surface area contributed by atoms with E-state index in [4.69, 9.17) is 9.73 Å². The quantitative estimate of drug-likeness (QED) is 0.676. The maximum atomic E-state index is 5.41. The minimum atomic E-state index is 0.806. The van der Waals surface area contributed by atoms with Crippen LogP contribution in [0.25, 0.3) is 10.9 Å². The average Bonchev–Trinajstić information content (AvgIpc) is 2.92. The summed E-state index contributed by atoms with van der Waals surface area (Å²) in [6.45, 7) is 5.67. The number of hydrogen-bond donors (Lipinski definition) is 0. The third-order valence-electron chi connectivity index (χ3n) is 5.02. The molecule has 2 heterocycles. The van der Waals surface area contributed by atoms with Crippen LogP contribution in [0.3, 0.4) is 0 Å². The van der Waals surface area contributed by atoms with E-state index in [1.807, 2.05) is 6.21 Å². The smallest absolute Gasteiger partial charge is 0.0642 e. The number of anilines is 1. The van der Waals surface area contributed by atoms with Crippen molar-refractivity contribution >= 4 is 28.5 Å². The van der Waals surface area contributed by atoms with Gasteiger partial charge in [-0.3, -0.25) is 4.99 Å². The van der Waals surface area contributed by atoms with Crippen LogP contribution in [-0.4, -0.2) is 37.1 Å². The minimum Gasteiger partial charge on any atom is -0.378 e. The van der Waals surface area contributed by atoms with Crippen molar-refractivity contribution in [2.75, 3.05) is 31.2 Å². The van der Waals surface area contributed by atoms with Crippen molar-refractivity contribution < 1.29 is 4.74 Å². The Morgan fingerprint density at radius 3 is 2.48 bits per heavy atom. The van der Waals surface area contributed by atoms with E-state index in [-0.39, 0.29) is 0 Å². The number of hydrogen-bond acceptors (Lipinski definition) is 3.